The topological polar surface area (TPSA) is 68.3 Å². The molecule has 1 unspecified atom stereocenters. The van der Waals surface area contributed by atoms with E-state index in [1.54, 1.807) is 12.1 Å². The first-order valence-corrected chi connectivity index (χ1v) is 12.8. The fraction of sp³-hybridized carbons (Fsp3) is 0.286. The Balaban J connectivity index is 2.04. The predicted octanol–water partition coefficient (Wildman–Crippen LogP) is 5.11. The van der Waals surface area contributed by atoms with E-state index in [1.807, 2.05) is 74.5 Å². The van der Waals surface area contributed by atoms with Crippen LogP contribution in [0.2, 0.25) is 0 Å². The summed E-state index contributed by atoms with van der Waals surface area (Å²) in [6, 6.07) is 21.7. The summed E-state index contributed by atoms with van der Waals surface area (Å²) >= 11 is 0. The summed E-state index contributed by atoms with van der Waals surface area (Å²) in [5.41, 5.74) is 4.87. The maximum Gasteiger partial charge on any atom is 0.361 e. The van der Waals surface area contributed by atoms with Gasteiger partial charge in [0, 0.05) is 6.42 Å². The number of quaternary nitrogens is 1. The van der Waals surface area contributed by atoms with Crippen LogP contribution in [-0.4, -0.2) is 42.8 Å². The SMILES string of the molecule is Cc1cc(C)cc(C(=O)[N+](C)([C@H](C=O)Cc2ccc(-c3ccccc3)cc2)S(=O)(=O)C(C)C)c1. The number of likely N-dealkylation sites (N-methyl/N-ethyl adjacent to an activating group) is 1. The van der Waals surface area contributed by atoms with Crippen molar-refractivity contribution in [2.24, 2.45) is 0 Å². The molecule has 2 atom stereocenters. The molecule has 3 rings (SSSR count). The van der Waals surface area contributed by atoms with Gasteiger partial charge in [-0.3, -0.25) is 4.79 Å². The van der Waals surface area contributed by atoms with Gasteiger partial charge in [-0.1, -0.05) is 60.7 Å². The molecule has 34 heavy (non-hydrogen) atoms. The lowest BCUT2D eigenvalue weighted by molar-refractivity contribution is -0.715. The first kappa shape index (κ1) is 25.5. The summed E-state index contributed by atoms with van der Waals surface area (Å²) in [5, 5.41) is -0.838. The summed E-state index contributed by atoms with van der Waals surface area (Å²) in [4.78, 5) is 26.1. The first-order valence-electron chi connectivity index (χ1n) is 11.3. The number of nitrogens with zero attached hydrogens (tertiary/aromatic N) is 1. The average Bonchev–Trinajstić information content (AvgIpc) is 2.81. The molecule has 0 aliphatic carbocycles. The van der Waals surface area contributed by atoms with Crippen molar-refractivity contribution < 1.29 is 21.9 Å². The summed E-state index contributed by atoms with van der Waals surface area (Å²) in [5.74, 6) is -0.599. The molecule has 0 saturated heterocycles. The van der Waals surface area contributed by atoms with Gasteiger partial charge in [0.1, 0.15) is 5.25 Å². The lowest BCUT2D eigenvalue weighted by atomic mass is 10.00. The molecule has 6 heteroatoms. The van der Waals surface area contributed by atoms with Gasteiger partial charge in [0.15, 0.2) is 12.3 Å². The van der Waals surface area contributed by atoms with E-state index in [0.717, 1.165) is 27.8 Å². The Morgan fingerprint density at radius 3 is 1.91 bits per heavy atom. The number of aryl methyl sites for hydroxylation is 2. The molecule has 3 aromatic carbocycles. The molecular formula is C28H32NO4S+. The minimum Gasteiger partial charge on any atom is -0.297 e. The summed E-state index contributed by atoms with van der Waals surface area (Å²) in [6.45, 7) is 6.79. The highest BCUT2D eigenvalue weighted by Gasteiger charge is 2.53. The van der Waals surface area contributed by atoms with Gasteiger partial charge in [0.25, 0.3) is 0 Å². The van der Waals surface area contributed by atoms with Crippen LogP contribution in [0.4, 0.5) is 0 Å². The van der Waals surface area contributed by atoms with Crippen LogP contribution in [0.25, 0.3) is 11.1 Å². The van der Waals surface area contributed by atoms with E-state index in [-0.39, 0.29) is 12.0 Å². The third-order valence-corrected chi connectivity index (χ3v) is 8.98. The van der Waals surface area contributed by atoms with Crippen molar-refractivity contribution in [3.05, 3.63) is 95.1 Å². The Bertz CT molecular complexity index is 1260. The van der Waals surface area contributed by atoms with Gasteiger partial charge in [0.05, 0.1) is 12.6 Å². The molecule has 1 amide bonds. The summed E-state index contributed by atoms with van der Waals surface area (Å²) in [6.07, 6.45) is 0.725. The van der Waals surface area contributed by atoms with Crippen molar-refractivity contribution in [2.75, 3.05) is 7.05 Å². The number of rotatable bonds is 8. The quantitative estimate of drug-likeness (QED) is 0.333. The summed E-state index contributed by atoms with van der Waals surface area (Å²) < 4.78 is 26.1. The third kappa shape index (κ3) is 4.88. The normalized spacial score (nSPS) is 14.4. The molecule has 0 heterocycles. The zero-order valence-corrected chi connectivity index (χ0v) is 21.2. The standard InChI is InChI=1S/C28H32NO4S/c1-20(2)34(32,33)29(5,28(31)26-16-21(3)15-22(4)17-26)27(19-30)18-23-11-13-25(14-12-23)24-9-7-6-8-10-24/h6-17,19-20,27H,18H2,1-5H3/q+1/t27-,29?/m0/s1. The number of carbonyl (C=O) groups is 2. The second-order valence-electron chi connectivity index (χ2n) is 9.21. The maximum atomic E-state index is 13.8. The van der Waals surface area contributed by atoms with E-state index in [0.29, 0.717) is 6.29 Å². The maximum absolute atomic E-state index is 13.8. The molecule has 3 aromatic rings. The van der Waals surface area contributed by atoms with Gasteiger partial charge in [-0.25, -0.2) is 4.79 Å². The Morgan fingerprint density at radius 1 is 0.882 bits per heavy atom. The summed E-state index contributed by atoms with van der Waals surface area (Å²) in [7, 11) is -2.68. The lowest BCUT2D eigenvalue weighted by Crippen LogP contribution is -2.63. The third-order valence-electron chi connectivity index (χ3n) is 6.29. The molecule has 0 aliphatic heterocycles. The van der Waals surface area contributed by atoms with Crippen LogP contribution >= 0.6 is 0 Å². The molecule has 178 valence electrons. The fourth-order valence-corrected chi connectivity index (χ4v) is 6.01. The van der Waals surface area contributed by atoms with Crippen LogP contribution in [0.15, 0.2) is 72.8 Å². The molecule has 0 N–H and O–H groups in total. The van der Waals surface area contributed by atoms with Crippen LogP contribution in [0.1, 0.15) is 40.9 Å². The predicted molar refractivity (Wildman–Crippen MR) is 136 cm³/mol. The van der Waals surface area contributed by atoms with E-state index in [9.17, 15) is 18.0 Å². The molecule has 0 bridgehead atoms. The van der Waals surface area contributed by atoms with Gasteiger partial charge >= 0.3 is 15.9 Å². The number of benzene rings is 3. The van der Waals surface area contributed by atoms with Crippen LogP contribution in [0.3, 0.4) is 0 Å². The van der Waals surface area contributed by atoms with Crippen molar-refractivity contribution in [3.8, 4) is 11.1 Å². The van der Waals surface area contributed by atoms with Crippen molar-refractivity contribution in [1.29, 1.82) is 0 Å². The van der Waals surface area contributed by atoms with Crippen molar-refractivity contribution in [2.45, 2.75) is 45.4 Å². The minimum atomic E-state index is -4.04. The molecule has 0 aliphatic rings. The lowest BCUT2D eigenvalue weighted by Gasteiger charge is -2.36. The Kier molecular flexibility index (Phi) is 7.54. The second-order valence-corrected chi connectivity index (χ2v) is 11.9. The van der Waals surface area contributed by atoms with Crippen LogP contribution in [-0.2, 0) is 21.2 Å². The van der Waals surface area contributed by atoms with Gasteiger partial charge in [0.2, 0.25) is 0 Å². The molecule has 0 aromatic heterocycles. The van der Waals surface area contributed by atoms with Crippen LogP contribution in [0, 0.1) is 13.8 Å². The zero-order valence-electron chi connectivity index (χ0n) is 20.4. The molecule has 0 fully saturated rings. The monoisotopic (exact) mass is 478 g/mol. The van der Waals surface area contributed by atoms with Crippen molar-refractivity contribution in [1.82, 2.24) is 0 Å². The van der Waals surface area contributed by atoms with E-state index in [4.69, 9.17) is 0 Å². The number of carbonyl (C=O) groups excluding carboxylic acids is 2. The van der Waals surface area contributed by atoms with Gasteiger partial charge in [-0.05, 0) is 67.6 Å². The van der Waals surface area contributed by atoms with E-state index in [2.05, 4.69) is 0 Å². The number of sulfonamides is 1. The smallest absolute Gasteiger partial charge is 0.297 e. The Hall–Kier alpha value is -3.09. The van der Waals surface area contributed by atoms with Gasteiger partial charge < -0.3 is 0 Å². The highest BCUT2D eigenvalue weighted by atomic mass is 32.2. The van der Waals surface area contributed by atoms with Gasteiger partial charge in [-0.2, -0.15) is 8.42 Å². The van der Waals surface area contributed by atoms with E-state index >= 15 is 0 Å². The molecule has 0 saturated carbocycles. The van der Waals surface area contributed by atoms with E-state index < -0.39 is 31.1 Å². The van der Waals surface area contributed by atoms with Crippen LogP contribution in [0.5, 0.6) is 0 Å². The number of aldehydes is 1. The first-order chi connectivity index (χ1) is 16.0. The number of amides is 1. The largest absolute Gasteiger partial charge is 0.361 e. The van der Waals surface area contributed by atoms with Crippen LogP contribution < -0.4 is 0 Å². The molecule has 5 nitrogen and oxygen atoms in total. The number of hydrogen-bond acceptors (Lipinski definition) is 4. The highest BCUT2D eigenvalue weighted by molar-refractivity contribution is 7.86. The average molecular weight is 479 g/mol. The number of hydrogen-bond donors (Lipinski definition) is 0. The van der Waals surface area contributed by atoms with Crippen molar-refractivity contribution in [3.63, 3.8) is 0 Å². The van der Waals surface area contributed by atoms with Gasteiger partial charge in [-0.15, -0.1) is 3.89 Å². The zero-order chi connectivity index (χ0) is 25.1. The Labute approximate surface area is 202 Å². The minimum absolute atomic E-state index is 0.123. The van der Waals surface area contributed by atoms with Crippen molar-refractivity contribution >= 4 is 22.2 Å². The molecule has 0 spiro atoms. The fourth-order valence-electron chi connectivity index (χ4n) is 4.29. The molecular weight excluding hydrogens is 446 g/mol. The molecule has 0 radical (unpaired) electrons. The second kappa shape index (κ2) is 10.0. The van der Waals surface area contributed by atoms with E-state index in [1.165, 1.54) is 20.9 Å². The Morgan fingerprint density at radius 2 is 1.41 bits per heavy atom. The highest BCUT2D eigenvalue weighted by Crippen LogP contribution is 2.29.